The lowest BCUT2D eigenvalue weighted by atomic mass is 10.1. The Kier molecular flexibility index (Phi) is 7.04. The van der Waals surface area contributed by atoms with Crippen molar-refractivity contribution in [1.82, 2.24) is 0 Å². The molecule has 1 amide bonds. The predicted molar refractivity (Wildman–Crippen MR) is 122 cm³/mol. The molecule has 0 atom stereocenters. The van der Waals surface area contributed by atoms with Gasteiger partial charge in [0.2, 0.25) is 5.91 Å². The Morgan fingerprint density at radius 1 is 0.970 bits per heavy atom. The van der Waals surface area contributed by atoms with Gasteiger partial charge >= 0.3 is 6.18 Å². The van der Waals surface area contributed by atoms with E-state index in [1.165, 1.54) is 24.3 Å². The fraction of sp³-hybridized carbons (Fsp3) is 0.174. The zero-order chi connectivity index (χ0) is 24.4. The van der Waals surface area contributed by atoms with Crippen molar-refractivity contribution in [3.05, 3.63) is 88.4 Å². The van der Waals surface area contributed by atoms with Crippen LogP contribution in [0.5, 0.6) is 0 Å². The lowest BCUT2D eigenvalue weighted by Crippen LogP contribution is -2.38. The van der Waals surface area contributed by atoms with Crippen molar-refractivity contribution >= 4 is 38.9 Å². The van der Waals surface area contributed by atoms with Crippen LogP contribution in [0.1, 0.15) is 16.7 Å². The molecule has 10 heteroatoms. The molecule has 0 saturated carbocycles. The highest BCUT2D eigenvalue weighted by Crippen LogP contribution is 2.37. The van der Waals surface area contributed by atoms with E-state index in [2.05, 4.69) is 5.32 Å². The smallest absolute Gasteiger partial charge is 0.325 e. The van der Waals surface area contributed by atoms with E-state index in [9.17, 15) is 26.4 Å². The van der Waals surface area contributed by atoms with Gasteiger partial charge in [-0.25, -0.2) is 8.42 Å². The fourth-order valence-corrected chi connectivity index (χ4v) is 4.77. The third kappa shape index (κ3) is 5.66. The first kappa shape index (κ1) is 24.6. The van der Waals surface area contributed by atoms with Crippen LogP contribution in [0.2, 0.25) is 5.02 Å². The molecule has 0 bridgehead atoms. The van der Waals surface area contributed by atoms with Crippen LogP contribution in [0.3, 0.4) is 0 Å². The molecule has 33 heavy (non-hydrogen) atoms. The minimum atomic E-state index is -4.73. The number of anilines is 2. The van der Waals surface area contributed by atoms with Crippen LogP contribution in [-0.2, 0) is 21.0 Å². The van der Waals surface area contributed by atoms with Crippen LogP contribution in [0, 0.1) is 13.8 Å². The number of sulfonamides is 1. The first-order valence-corrected chi connectivity index (χ1v) is 11.5. The Balaban J connectivity index is 2.05. The molecule has 5 nitrogen and oxygen atoms in total. The van der Waals surface area contributed by atoms with Gasteiger partial charge in [0.15, 0.2) is 0 Å². The number of rotatable bonds is 6. The number of alkyl halides is 3. The maximum absolute atomic E-state index is 13.3. The molecule has 0 fully saturated rings. The van der Waals surface area contributed by atoms with Gasteiger partial charge in [-0.15, -0.1) is 0 Å². The van der Waals surface area contributed by atoms with E-state index in [0.717, 1.165) is 23.3 Å². The quantitative estimate of drug-likeness (QED) is 0.468. The Morgan fingerprint density at radius 3 is 2.24 bits per heavy atom. The largest absolute Gasteiger partial charge is 0.416 e. The van der Waals surface area contributed by atoms with E-state index in [1.807, 2.05) is 13.8 Å². The molecule has 0 unspecified atom stereocenters. The topological polar surface area (TPSA) is 66.5 Å². The average molecular weight is 497 g/mol. The summed E-state index contributed by atoms with van der Waals surface area (Å²) >= 11 is 6.11. The van der Waals surface area contributed by atoms with Crippen molar-refractivity contribution in [1.29, 1.82) is 0 Å². The summed E-state index contributed by atoms with van der Waals surface area (Å²) in [4.78, 5) is 12.6. The van der Waals surface area contributed by atoms with Crippen LogP contribution >= 0.6 is 11.6 Å². The minimum Gasteiger partial charge on any atom is -0.325 e. The summed E-state index contributed by atoms with van der Waals surface area (Å²) < 4.78 is 67.2. The lowest BCUT2D eigenvalue weighted by molar-refractivity contribution is -0.137. The van der Waals surface area contributed by atoms with Gasteiger partial charge < -0.3 is 5.32 Å². The first-order valence-electron chi connectivity index (χ1n) is 9.71. The molecule has 3 rings (SSSR count). The number of hydrogen-bond acceptors (Lipinski definition) is 3. The minimum absolute atomic E-state index is 0.197. The van der Waals surface area contributed by atoms with Gasteiger partial charge in [0.1, 0.15) is 6.54 Å². The summed E-state index contributed by atoms with van der Waals surface area (Å²) in [5.74, 6) is -0.744. The maximum Gasteiger partial charge on any atom is 0.416 e. The number of nitrogens with zero attached hydrogens (tertiary/aromatic N) is 1. The van der Waals surface area contributed by atoms with Gasteiger partial charge in [-0.1, -0.05) is 35.9 Å². The molecular formula is C23H20ClF3N2O3S. The molecule has 0 aromatic heterocycles. The lowest BCUT2D eigenvalue weighted by Gasteiger charge is -2.26. The molecule has 0 radical (unpaired) electrons. The van der Waals surface area contributed by atoms with Crippen LogP contribution < -0.4 is 9.62 Å². The molecular weight excluding hydrogens is 477 g/mol. The van der Waals surface area contributed by atoms with Crippen molar-refractivity contribution in [3.8, 4) is 0 Å². The molecule has 1 N–H and O–H groups in total. The normalized spacial score (nSPS) is 11.8. The molecule has 174 valence electrons. The third-order valence-electron chi connectivity index (χ3n) is 4.95. The first-order chi connectivity index (χ1) is 15.4. The number of benzene rings is 3. The molecule has 3 aromatic rings. The van der Waals surface area contributed by atoms with Crippen LogP contribution in [0.4, 0.5) is 24.5 Å². The Hall–Kier alpha value is -3.04. The van der Waals surface area contributed by atoms with Gasteiger partial charge in [-0.3, -0.25) is 9.10 Å². The standard InChI is InChI=1S/C23H20ClF3N2O3S/c1-15-8-10-18(12-16(15)2)28-22(30)14-29(33(31,32)19-6-4-3-5-7-19)21-13-17(23(25,26)27)9-11-20(21)24/h3-13H,14H2,1-2H3,(H,28,30). The van der Waals surface area contributed by atoms with E-state index >= 15 is 0 Å². The Morgan fingerprint density at radius 2 is 1.64 bits per heavy atom. The predicted octanol–water partition coefficient (Wildman–Crippen LogP) is 5.81. The van der Waals surface area contributed by atoms with Gasteiger partial charge in [0.05, 0.1) is 21.2 Å². The summed E-state index contributed by atoms with van der Waals surface area (Å²) in [6.07, 6.45) is -4.73. The van der Waals surface area contributed by atoms with Crippen LogP contribution in [-0.4, -0.2) is 20.9 Å². The van der Waals surface area contributed by atoms with E-state index in [0.29, 0.717) is 16.1 Å². The summed E-state index contributed by atoms with van der Waals surface area (Å²) in [7, 11) is -4.42. The molecule has 0 aliphatic rings. The van der Waals surface area contributed by atoms with Crippen molar-refractivity contribution in [2.75, 3.05) is 16.2 Å². The summed E-state index contributed by atoms with van der Waals surface area (Å²) in [5.41, 5.74) is 0.783. The van der Waals surface area contributed by atoms with E-state index in [-0.39, 0.29) is 9.92 Å². The average Bonchev–Trinajstić information content (AvgIpc) is 2.75. The highest BCUT2D eigenvalue weighted by molar-refractivity contribution is 7.92. The summed E-state index contributed by atoms with van der Waals surface area (Å²) in [5, 5.41) is 2.34. The van der Waals surface area contributed by atoms with Gasteiger partial charge in [0, 0.05) is 5.69 Å². The monoisotopic (exact) mass is 496 g/mol. The SMILES string of the molecule is Cc1ccc(NC(=O)CN(c2cc(C(F)(F)F)ccc2Cl)S(=O)(=O)c2ccccc2)cc1C. The van der Waals surface area contributed by atoms with Crippen molar-refractivity contribution < 1.29 is 26.4 Å². The van der Waals surface area contributed by atoms with Gasteiger partial charge in [0.25, 0.3) is 10.0 Å². The Labute approximate surface area is 194 Å². The summed E-state index contributed by atoms with van der Waals surface area (Å²) in [6, 6.07) is 14.5. The molecule has 0 heterocycles. The number of halogens is 4. The van der Waals surface area contributed by atoms with Crippen LogP contribution in [0.15, 0.2) is 71.6 Å². The zero-order valence-electron chi connectivity index (χ0n) is 17.7. The molecule has 0 aliphatic heterocycles. The van der Waals surface area contributed by atoms with Crippen molar-refractivity contribution in [2.24, 2.45) is 0 Å². The second-order valence-electron chi connectivity index (χ2n) is 7.34. The van der Waals surface area contributed by atoms with Crippen molar-refractivity contribution in [3.63, 3.8) is 0 Å². The highest BCUT2D eigenvalue weighted by atomic mass is 35.5. The molecule has 3 aromatic carbocycles. The molecule has 0 saturated heterocycles. The third-order valence-corrected chi connectivity index (χ3v) is 7.04. The highest BCUT2D eigenvalue weighted by Gasteiger charge is 2.34. The van der Waals surface area contributed by atoms with Crippen LogP contribution in [0.25, 0.3) is 0 Å². The van der Waals surface area contributed by atoms with E-state index in [1.54, 1.807) is 24.3 Å². The molecule has 0 aliphatic carbocycles. The summed E-state index contributed by atoms with van der Waals surface area (Å²) in [6.45, 7) is 2.95. The molecule has 0 spiro atoms. The zero-order valence-corrected chi connectivity index (χ0v) is 19.2. The van der Waals surface area contributed by atoms with Crippen molar-refractivity contribution in [2.45, 2.75) is 24.9 Å². The van der Waals surface area contributed by atoms with Gasteiger partial charge in [-0.2, -0.15) is 13.2 Å². The second-order valence-corrected chi connectivity index (χ2v) is 9.61. The Bertz CT molecular complexity index is 1280. The number of amides is 1. The maximum atomic E-state index is 13.3. The number of nitrogens with one attached hydrogen (secondary N) is 1. The number of carbonyl (C=O) groups excluding carboxylic acids is 1. The van der Waals surface area contributed by atoms with E-state index in [4.69, 9.17) is 11.6 Å². The number of carbonyl (C=O) groups is 1. The fourth-order valence-electron chi connectivity index (χ4n) is 3.05. The van der Waals surface area contributed by atoms with Gasteiger partial charge in [-0.05, 0) is 67.4 Å². The number of hydrogen-bond donors (Lipinski definition) is 1. The second kappa shape index (κ2) is 9.44. The van der Waals surface area contributed by atoms with E-state index < -0.39 is 39.9 Å². The number of aryl methyl sites for hydroxylation is 2.